The maximum absolute atomic E-state index is 11.5. The van der Waals surface area contributed by atoms with Crippen molar-refractivity contribution >= 4 is 11.6 Å². The van der Waals surface area contributed by atoms with Gasteiger partial charge in [0.05, 0.1) is 12.8 Å². The lowest BCUT2D eigenvalue weighted by molar-refractivity contribution is 0.415. The molecule has 0 atom stereocenters. The number of ether oxygens (including phenoxy) is 1. The molecule has 16 heavy (non-hydrogen) atoms. The first-order valence-electron chi connectivity index (χ1n) is 4.72. The highest BCUT2D eigenvalue weighted by molar-refractivity contribution is 6.32. The third-order valence-corrected chi connectivity index (χ3v) is 2.72. The molecule has 1 aromatic heterocycles. The predicted molar refractivity (Wildman–Crippen MR) is 63.0 cm³/mol. The first-order chi connectivity index (χ1) is 7.63. The van der Waals surface area contributed by atoms with E-state index in [9.17, 15) is 4.79 Å². The fourth-order valence-electron chi connectivity index (χ4n) is 1.47. The molecule has 0 saturated carbocycles. The standard InChI is InChI=1S/C11H11ClN2O2/c1-14-11(15)9(12)10(13-14)7-3-5-8(16-2)6-4-7/h3-6,13H,1-2H3. The summed E-state index contributed by atoms with van der Waals surface area (Å²) in [6, 6.07) is 7.32. The van der Waals surface area contributed by atoms with Crippen LogP contribution in [-0.2, 0) is 7.05 Å². The Kier molecular flexibility index (Phi) is 2.75. The van der Waals surface area contributed by atoms with Gasteiger partial charge < -0.3 is 4.74 Å². The summed E-state index contributed by atoms with van der Waals surface area (Å²) < 4.78 is 6.40. The topological polar surface area (TPSA) is 47.0 Å². The van der Waals surface area contributed by atoms with Crippen LogP contribution in [0.1, 0.15) is 0 Å². The lowest BCUT2D eigenvalue weighted by Gasteiger charge is -2.01. The first kappa shape index (κ1) is 10.8. The molecule has 0 amide bonds. The molecule has 4 nitrogen and oxygen atoms in total. The van der Waals surface area contributed by atoms with Gasteiger partial charge in [-0.25, -0.2) is 0 Å². The van der Waals surface area contributed by atoms with E-state index in [1.807, 2.05) is 24.3 Å². The summed E-state index contributed by atoms with van der Waals surface area (Å²) in [5.41, 5.74) is 1.24. The van der Waals surface area contributed by atoms with E-state index in [2.05, 4.69) is 5.10 Å². The molecular formula is C11H11ClN2O2. The third kappa shape index (κ3) is 1.72. The van der Waals surface area contributed by atoms with Crippen LogP contribution in [0.4, 0.5) is 0 Å². The molecule has 0 bridgehead atoms. The van der Waals surface area contributed by atoms with Gasteiger partial charge in [0.25, 0.3) is 5.56 Å². The van der Waals surface area contributed by atoms with E-state index in [0.29, 0.717) is 5.69 Å². The number of methoxy groups -OCH3 is 1. The number of H-pyrrole nitrogens is 1. The van der Waals surface area contributed by atoms with Crippen molar-refractivity contribution in [2.24, 2.45) is 7.05 Å². The van der Waals surface area contributed by atoms with Crippen molar-refractivity contribution in [3.63, 3.8) is 0 Å². The zero-order valence-electron chi connectivity index (χ0n) is 8.95. The lowest BCUT2D eigenvalue weighted by Crippen LogP contribution is -2.11. The summed E-state index contributed by atoms with van der Waals surface area (Å²) in [4.78, 5) is 11.5. The van der Waals surface area contributed by atoms with Gasteiger partial charge in [0.2, 0.25) is 0 Å². The van der Waals surface area contributed by atoms with Crippen LogP contribution in [-0.4, -0.2) is 16.9 Å². The van der Waals surface area contributed by atoms with Crippen LogP contribution >= 0.6 is 11.6 Å². The van der Waals surface area contributed by atoms with Crippen LogP contribution in [0.5, 0.6) is 5.75 Å². The Morgan fingerprint density at radius 2 is 1.94 bits per heavy atom. The molecule has 0 saturated heterocycles. The minimum Gasteiger partial charge on any atom is -0.497 e. The second kappa shape index (κ2) is 4.06. The number of rotatable bonds is 2. The monoisotopic (exact) mass is 238 g/mol. The van der Waals surface area contributed by atoms with Crippen LogP contribution in [0.25, 0.3) is 11.3 Å². The molecule has 0 aliphatic heterocycles. The summed E-state index contributed by atoms with van der Waals surface area (Å²) in [6.45, 7) is 0. The van der Waals surface area contributed by atoms with Crippen molar-refractivity contribution in [3.8, 4) is 17.0 Å². The van der Waals surface area contributed by atoms with Crippen molar-refractivity contribution in [2.75, 3.05) is 7.11 Å². The van der Waals surface area contributed by atoms with Gasteiger partial charge in [-0.15, -0.1) is 0 Å². The van der Waals surface area contributed by atoms with Gasteiger partial charge >= 0.3 is 0 Å². The van der Waals surface area contributed by atoms with E-state index in [4.69, 9.17) is 16.3 Å². The van der Waals surface area contributed by atoms with E-state index in [1.165, 1.54) is 4.68 Å². The van der Waals surface area contributed by atoms with Crippen molar-refractivity contribution in [3.05, 3.63) is 39.6 Å². The molecule has 1 aromatic carbocycles. The second-order valence-corrected chi connectivity index (χ2v) is 3.77. The molecular weight excluding hydrogens is 228 g/mol. The van der Waals surface area contributed by atoms with Gasteiger partial charge in [-0.1, -0.05) is 11.6 Å². The smallest absolute Gasteiger partial charge is 0.285 e. The number of benzene rings is 1. The molecule has 0 aliphatic rings. The summed E-state index contributed by atoms with van der Waals surface area (Å²) in [6.07, 6.45) is 0. The van der Waals surface area contributed by atoms with Crippen LogP contribution in [0.3, 0.4) is 0 Å². The van der Waals surface area contributed by atoms with E-state index < -0.39 is 0 Å². The number of aromatic nitrogens is 2. The zero-order valence-corrected chi connectivity index (χ0v) is 9.71. The predicted octanol–water partition coefficient (Wildman–Crippen LogP) is 2.04. The fraction of sp³-hybridized carbons (Fsp3) is 0.182. The zero-order chi connectivity index (χ0) is 11.7. The van der Waals surface area contributed by atoms with Crippen LogP contribution in [0.15, 0.2) is 29.1 Å². The Morgan fingerprint density at radius 3 is 2.38 bits per heavy atom. The molecule has 0 spiro atoms. The Hall–Kier alpha value is -1.68. The molecule has 0 unspecified atom stereocenters. The van der Waals surface area contributed by atoms with Crippen molar-refractivity contribution in [2.45, 2.75) is 0 Å². The fourth-order valence-corrected chi connectivity index (χ4v) is 1.75. The summed E-state index contributed by atoms with van der Waals surface area (Å²) >= 11 is 5.93. The second-order valence-electron chi connectivity index (χ2n) is 3.39. The largest absolute Gasteiger partial charge is 0.497 e. The van der Waals surface area contributed by atoms with E-state index >= 15 is 0 Å². The molecule has 1 heterocycles. The summed E-state index contributed by atoms with van der Waals surface area (Å²) in [7, 11) is 3.23. The van der Waals surface area contributed by atoms with Crippen LogP contribution in [0.2, 0.25) is 5.02 Å². The van der Waals surface area contributed by atoms with Crippen LogP contribution in [0, 0.1) is 0 Å². The summed E-state index contributed by atoms with van der Waals surface area (Å²) in [5, 5.41) is 3.10. The highest BCUT2D eigenvalue weighted by Gasteiger charge is 2.11. The molecule has 0 aliphatic carbocycles. The highest BCUT2D eigenvalue weighted by atomic mass is 35.5. The molecule has 2 aromatic rings. The summed E-state index contributed by atoms with van der Waals surface area (Å²) in [5.74, 6) is 0.762. The molecule has 0 fully saturated rings. The van der Waals surface area contributed by atoms with Gasteiger partial charge in [-0.2, -0.15) is 0 Å². The van der Waals surface area contributed by atoms with Crippen molar-refractivity contribution in [1.82, 2.24) is 9.78 Å². The quantitative estimate of drug-likeness (QED) is 0.870. The number of nitrogens with zero attached hydrogens (tertiary/aromatic N) is 1. The molecule has 0 radical (unpaired) electrons. The Labute approximate surface area is 97.4 Å². The van der Waals surface area contributed by atoms with Crippen LogP contribution < -0.4 is 10.3 Å². The van der Waals surface area contributed by atoms with E-state index in [-0.39, 0.29) is 10.6 Å². The average molecular weight is 239 g/mol. The minimum absolute atomic E-state index is 0.202. The van der Waals surface area contributed by atoms with E-state index in [1.54, 1.807) is 14.2 Å². The maximum Gasteiger partial charge on any atom is 0.285 e. The molecule has 5 heteroatoms. The van der Waals surface area contributed by atoms with Gasteiger partial charge in [0, 0.05) is 12.6 Å². The third-order valence-electron chi connectivity index (χ3n) is 2.37. The Bertz CT molecular complexity index is 554. The number of aryl methyl sites for hydroxylation is 1. The van der Waals surface area contributed by atoms with E-state index in [0.717, 1.165) is 11.3 Å². The minimum atomic E-state index is -0.229. The highest BCUT2D eigenvalue weighted by Crippen LogP contribution is 2.24. The number of aromatic amines is 1. The number of hydrogen-bond donors (Lipinski definition) is 1. The van der Waals surface area contributed by atoms with Gasteiger partial charge in [-0.3, -0.25) is 14.6 Å². The van der Waals surface area contributed by atoms with Crippen molar-refractivity contribution in [1.29, 1.82) is 0 Å². The first-order valence-corrected chi connectivity index (χ1v) is 5.10. The molecule has 1 N–H and O–H groups in total. The van der Waals surface area contributed by atoms with Gasteiger partial charge in [0.1, 0.15) is 10.8 Å². The molecule has 84 valence electrons. The SMILES string of the molecule is COc1ccc(-c2[nH]n(C)c(=O)c2Cl)cc1. The normalized spacial score (nSPS) is 10.4. The maximum atomic E-state index is 11.5. The van der Waals surface area contributed by atoms with Gasteiger partial charge in [0.15, 0.2) is 0 Å². The van der Waals surface area contributed by atoms with Crippen molar-refractivity contribution < 1.29 is 4.74 Å². The number of nitrogens with one attached hydrogen (secondary N) is 1. The van der Waals surface area contributed by atoms with Gasteiger partial charge in [-0.05, 0) is 24.3 Å². The lowest BCUT2D eigenvalue weighted by atomic mass is 10.1. The Morgan fingerprint density at radius 1 is 1.31 bits per heavy atom. The number of hydrogen-bond acceptors (Lipinski definition) is 2. The average Bonchev–Trinajstić information content (AvgIpc) is 2.57. The Balaban J connectivity index is 2.50. The number of halogens is 1. The molecule has 2 rings (SSSR count).